The number of phenols is 1. The number of rotatable bonds is 0. The molecule has 1 saturated heterocycles. The molecule has 1 aromatic carbocycles. The Morgan fingerprint density at radius 1 is 1.33 bits per heavy atom. The first-order valence-corrected chi connectivity index (χ1v) is 8.03. The average Bonchev–Trinajstić information content (AvgIpc) is 2.81. The molecule has 2 N–H and O–H groups in total. The van der Waals surface area contributed by atoms with E-state index >= 15 is 0 Å². The first-order chi connectivity index (χ1) is 10.1. The summed E-state index contributed by atoms with van der Waals surface area (Å²) in [6, 6.07) is 4.22. The van der Waals surface area contributed by atoms with Gasteiger partial charge in [-0.25, -0.2) is 0 Å². The summed E-state index contributed by atoms with van der Waals surface area (Å²) in [5.41, 5.74) is 2.46. The van der Waals surface area contributed by atoms with Crippen LogP contribution in [0.25, 0.3) is 0 Å². The summed E-state index contributed by atoms with van der Waals surface area (Å²) in [5.74, 6) is 1.22. The Bertz CT molecular complexity index is 631. The third-order valence-electron chi connectivity index (χ3n) is 6.55. The zero-order chi connectivity index (χ0) is 14.4. The maximum absolute atomic E-state index is 10.7. The number of aromatic hydroxyl groups is 1. The van der Waals surface area contributed by atoms with Crippen molar-refractivity contribution in [3.05, 3.63) is 23.3 Å². The minimum absolute atomic E-state index is 0.0729. The Morgan fingerprint density at radius 3 is 3.05 bits per heavy atom. The monoisotopic (exact) mass is 287 g/mol. The van der Waals surface area contributed by atoms with E-state index in [-0.39, 0.29) is 29.3 Å². The molecule has 5 rings (SSSR count). The summed E-state index contributed by atoms with van der Waals surface area (Å²) in [7, 11) is 2.18. The maximum atomic E-state index is 10.7. The van der Waals surface area contributed by atoms with Gasteiger partial charge in [0.1, 0.15) is 6.10 Å². The zero-order valence-corrected chi connectivity index (χ0v) is 12.2. The molecule has 5 atom stereocenters. The van der Waals surface area contributed by atoms with E-state index in [1.54, 1.807) is 6.07 Å². The van der Waals surface area contributed by atoms with Crippen molar-refractivity contribution in [2.75, 3.05) is 13.6 Å². The van der Waals surface area contributed by atoms with Crippen molar-refractivity contribution in [2.24, 2.45) is 5.92 Å². The quantitative estimate of drug-likeness (QED) is 0.758. The molecule has 4 aliphatic rings. The molecule has 0 amide bonds. The molecule has 0 aromatic heterocycles. The van der Waals surface area contributed by atoms with Crippen molar-refractivity contribution in [1.82, 2.24) is 4.90 Å². The van der Waals surface area contributed by atoms with Gasteiger partial charge < -0.3 is 19.8 Å². The molecule has 2 bridgehead atoms. The van der Waals surface area contributed by atoms with Crippen LogP contribution in [0.5, 0.6) is 11.5 Å². The number of piperidine rings is 1. The van der Waals surface area contributed by atoms with Crippen LogP contribution in [0.15, 0.2) is 12.1 Å². The molecule has 112 valence electrons. The fourth-order valence-electron chi connectivity index (χ4n) is 5.73. The van der Waals surface area contributed by atoms with Gasteiger partial charge in [0, 0.05) is 22.9 Å². The van der Waals surface area contributed by atoms with Crippen LogP contribution in [0.2, 0.25) is 0 Å². The third kappa shape index (κ3) is 1.25. The number of phenolic OH excluding ortho intramolecular Hbond substituents is 1. The van der Waals surface area contributed by atoms with Gasteiger partial charge in [-0.3, -0.25) is 0 Å². The predicted molar refractivity (Wildman–Crippen MR) is 77.7 cm³/mol. The Morgan fingerprint density at radius 2 is 2.19 bits per heavy atom. The molecule has 21 heavy (non-hydrogen) atoms. The van der Waals surface area contributed by atoms with E-state index in [2.05, 4.69) is 18.0 Å². The number of likely N-dealkylation sites (N-methyl/N-ethyl adjacent to an activating group) is 1. The Kier molecular flexibility index (Phi) is 2.19. The van der Waals surface area contributed by atoms with Crippen LogP contribution in [-0.4, -0.2) is 47.0 Å². The van der Waals surface area contributed by atoms with Crippen molar-refractivity contribution < 1.29 is 14.9 Å². The van der Waals surface area contributed by atoms with E-state index in [1.165, 1.54) is 11.1 Å². The van der Waals surface area contributed by atoms with Crippen molar-refractivity contribution in [2.45, 2.75) is 49.3 Å². The molecular formula is C17H21NO3. The van der Waals surface area contributed by atoms with Gasteiger partial charge in [0.15, 0.2) is 11.5 Å². The van der Waals surface area contributed by atoms with Gasteiger partial charge in [0.25, 0.3) is 0 Å². The van der Waals surface area contributed by atoms with Crippen LogP contribution in [0.4, 0.5) is 0 Å². The van der Waals surface area contributed by atoms with Gasteiger partial charge >= 0.3 is 0 Å². The van der Waals surface area contributed by atoms with E-state index in [9.17, 15) is 10.2 Å². The minimum atomic E-state index is -0.251. The summed E-state index contributed by atoms with van der Waals surface area (Å²) in [6.45, 7) is 1.04. The summed E-state index contributed by atoms with van der Waals surface area (Å²) >= 11 is 0. The molecule has 2 heterocycles. The third-order valence-corrected chi connectivity index (χ3v) is 6.55. The van der Waals surface area contributed by atoms with Crippen molar-refractivity contribution in [1.29, 1.82) is 0 Å². The second-order valence-corrected chi connectivity index (χ2v) is 7.27. The Balaban J connectivity index is 1.82. The first-order valence-electron chi connectivity index (χ1n) is 8.03. The number of likely N-dealkylation sites (tertiary alicyclic amines) is 1. The lowest BCUT2D eigenvalue weighted by Gasteiger charge is -2.59. The molecule has 1 spiro atoms. The van der Waals surface area contributed by atoms with Crippen molar-refractivity contribution >= 4 is 0 Å². The van der Waals surface area contributed by atoms with Gasteiger partial charge in [0.2, 0.25) is 0 Å². The Hall–Kier alpha value is -1.26. The smallest absolute Gasteiger partial charge is 0.165 e. The van der Waals surface area contributed by atoms with Crippen LogP contribution in [0, 0.1) is 5.92 Å². The van der Waals surface area contributed by atoms with Gasteiger partial charge in [-0.1, -0.05) is 6.07 Å². The molecule has 4 nitrogen and oxygen atoms in total. The molecule has 0 unspecified atom stereocenters. The number of benzene rings is 1. The van der Waals surface area contributed by atoms with E-state index < -0.39 is 0 Å². The predicted octanol–water partition coefficient (Wildman–Crippen LogP) is 1.42. The second-order valence-electron chi connectivity index (χ2n) is 7.27. The number of aliphatic hydroxyl groups is 1. The molecule has 0 radical (unpaired) electrons. The summed E-state index contributed by atoms with van der Waals surface area (Å²) in [5, 5.41) is 20.9. The number of nitrogens with zero attached hydrogens (tertiary/aromatic N) is 1. The largest absolute Gasteiger partial charge is 0.504 e. The standard InChI is InChI=1S/C17H21NO3/c1-18-7-6-17-13-5-4-11(19)15(17)10(18)8-9-2-3-12(20)16(21-13)14(9)17/h2-3,10-11,13,15,19-20H,4-8H2,1H3/t10-,11+,13+,15-,17-/m1/s1. The maximum Gasteiger partial charge on any atom is 0.165 e. The highest BCUT2D eigenvalue weighted by Crippen LogP contribution is 2.63. The van der Waals surface area contributed by atoms with Crippen LogP contribution in [0.1, 0.15) is 30.4 Å². The fourth-order valence-corrected chi connectivity index (χ4v) is 5.73. The van der Waals surface area contributed by atoms with Crippen LogP contribution < -0.4 is 4.74 Å². The minimum Gasteiger partial charge on any atom is -0.504 e. The van der Waals surface area contributed by atoms with Gasteiger partial charge in [-0.15, -0.1) is 0 Å². The molecule has 2 fully saturated rings. The van der Waals surface area contributed by atoms with E-state index in [4.69, 9.17) is 4.74 Å². The molecular weight excluding hydrogens is 266 g/mol. The van der Waals surface area contributed by atoms with E-state index in [0.717, 1.165) is 32.2 Å². The van der Waals surface area contributed by atoms with E-state index in [1.807, 2.05) is 0 Å². The lowest BCUT2D eigenvalue weighted by Crippen LogP contribution is -2.67. The zero-order valence-electron chi connectivity index (χ0n) is 12.2. The van der Waals surface area contributed by atoms with Crippen LogP contribution in [-0.2, 0) is 11.8 Å². The molecule has 2 aliphatic heterocycles. The lowest BCUT2D eigenvalue weighted by atomic mass is 9.51. The SMILES string of the molecule is CN1CC[C@]23c4c5ccc(O)c4O[C@H]2CC[C@H](O)[C@H]3[C@H]1C5. The van der Waals surface area contributed by atoms with E-state index in [0.29, 0.717) is 11.8 Å². The van der Waals surface area contributed by atoms with Gasteiger partial charge in [0.05, 0.1) is 6.10 Å². The van der Waals surface area contributed by atoms with Gasteiger partial charge in [-0.2, -0.15) is 0 Å². The summed E-state index contributed by atoms with van der Waals surface area (Å²) in [4.78, 5) is 2.41. The number of hydrogen-bond acceptors (Lipinski definition) is 4. The average molecular weight is 287 g/mol. The summed E-state index contributed by atoms with van der Waals surface area (Å²) < 4.78 is 6.21. The number of aliphatic hydroxyl groups excluding tert-OH is 1. The van der Waals surface area contributed by atoms with Crippen molar-refractivity contribution in [3.8, 4) is 11.5 Å². The highest BCUT2D eigenvalue weighted by atomic mass is 16.5. The first kappa shape index (κ1) is 12.3. The molecule has 1 saturated carbocycles. The Labute approximate surface area is 124 Å². The van der Waals surface area contributed by atoms with Crippen LogP contribution in [0.3, 0.4) is 0 Å². The molecule has 4 heteroatoms. The number of hydrogen-bond donors (Lipinski definition) is 2. The lowest BCUT2D eigenvalue weighted by molar-refractivity contribution is -0.106. The highest BCUT2D eigenvalue weighted by Gasteiger charge is 2.65. The summed E-state index contributed by atoms with van der Waals surface area (Å²) in [6.07, 6.45) is 3.56. The number of ether oxygens (including phenoxy) is 1. The highest BCUT2D eigenvalue weighted by molar-refractivity contribution is 5.60. The van der Waals surface area contributed by atoms with Gasteiger partial charge in [-0.05, 0) is 50.9 Å². The van der Waals surface area contributed by atoms with Crippen molar-refractivity contribution in [3.63, 3.8) is 0 Å². The molecule has 2 aliphatic carbocycles. The molecule has 1 aromatic rings. The fraction of sp³-hybridized carbons (Fsp3) is 0.647. The normalized spacial score (nSPS) is 43.3. The van der Waals surface area contributed by atoms with Crippen LogP contribution >= 0.6 is 0 Å². The second kappa shape index (κ2) is 3.73. The topological polar surface area (TPSA) is 52.9 Å².